The van der Waals surface area contributed by atoms with E-state index in [2.05, 4.69) is 47.8 Å². The summed E-state index contributed by atoms with van der Waals surface area (Å²) in [4.78, 5) is 35.0. The SMILES string of the molecule is O=C1OC[C@H]2O[C@@H](n3cc4c5c(ncnc53)NCCC4)C[C@@H]2OP(=O)(S)OC[C@@H]2C[C@@H](O1)[C@H](n1cnc3c(NCCO)ncnc31)O2. The largest absolute Gasteiger partial charge is 0.508 e. The van der Waals surface area contributed by atoms with Gasteiger partial charge in [0.1, 0.15) is 49.2 Å². The Morgan fingerprint density at radius 3 is 2.81 bits per heavy atom. The molecular weight excluding hydrogens is 657 g/mol. The number of aryl methyl sites for hydroxylation is 1. The number of aromatic nitrogens is 7. The molecule has 4 aliphatic heterocycles. The van der Waals surface area contributed by atoms with Crippen LogP contribution >= 0.6 is 19.0 Å². The van der Waals surface area contributed by atoms with Crippen molar-refractivity contribution in [1.82, 2.24) is 34.1 Å². The number of rotatable bonds is 5. The first-order valence-corrected chi connectivity index (χ1v) is 18.0. The zero-order valence-electron chi connectivity index (χ0n) is 24.9. The van der Waals surface area contributed by atoms with Crippen LogP contribution in [-0.2, 0) is 39.0 Å². The number of aliphatic hydroxyl groups is 1. The number of ether oxygens (including phenoxy) is 4. The van der Waals surface area contributed by atoms with E-state index in [4.69, 9.17) is 28.0 Å². The minimum Gasteiger partial charge on any atom is -0.431 e. The van der Waals surface area contributed by atoms with Crippen LogP contribution in [0.3, 0.4) is 0 Å². The van der Waals surface area contributed by atoms with Gasteiger partial charge in [-0.2, -0.15) is 0 Å². The predicted octanol–water partition coefficient (Wildman–Crippen LogP) is 2.58. The maximum absolute atomic E-state index is 13.5. The van der Waals surface area contributed by atoms with E-state index >= 15 is 0 Å². The lowest BCUT2D eigenvalue weighted by atomic mass is 10.1. The molecule has 4 aromatic heterocycles. The number of nitrogens with zero attached hydrogens (tertiary/aromatic N) is 7. The number of carbonyl (C=O) groups is 1. The second kappa shape index (κ2) is 12.5. The third-order valence-corrected chi connectivity index (χ3v) is 10.2. The third kappa shape index (κ3) is 5.90. The number of imidazole rings is 1. The fourth-order valence-electron chi connectivity index (χ4n) is 6.52. The minimum atomic E-state index is -3.94. The van der Waals surface area contributed by atoms with Gasteiger partial charge in [-0.1, -0.05) is 12.2 Å². The second-order valence-corrected chi connectivity index (χ2v) is 14.5. The van der Waals surface area contributed by atoms with Gasteiger partial charge in [0.2, 0.25) is 0 Å². The van der Waals surface area contributed by atoms with E-state index in [0.717, 1.165) is 36.2 Å². The molecule has 2 bridgehead atoms. The highest BCUT2D eigenvalue weighted by molar-refractivity contribution is 8.44. The predicted molar refractivity (Wildman–Crippen MR) is 166 cm³/mol. The van der Waals surface area contributed by atoms with Crippen molar-refractivity contribution in [3.63, 3.8) is 0 Å². The van der Waals surface area contributed by atoms with Gasteiger partial charge >= 0.3 is 13.0 Å². The van der Waals surface area contributed by atoms with Crippen LogP contribution in [0.15, 0.2) is 25.2 Å². The van der Waals surface area contributed by atoms with Crippen molar-refractivity contribution in [2.24, 2.45) is 0 Å². The Morgan fingerprint density at radius 2 is 1.91 bits per heavy atom. The number of cyclic esters (lactones) is 1. The lowest BCUT2D eigenvalue weighted by molar-refractivity contribution is -0.0813. The molecule has 3 saturated heterocycles. The molecule has 3 N–H and O–H groups in total. The number of hydrogen-bond donors (Lipinski definition) is 4. The number of hydrogen-bond acceptors (Lipinski definition) is 16. The van der Waals surface area contributed by atoms with Crippen LogP contribution < -0.4 is 10.6 Å². The van der Waals surface area contributed by atoms with Crippen molar-refractivity contribution < 1.29 is 42.5 Å². The fraction of sp³-hybridized carbons (Fsp3) is 0.556. The van der Waals surface area contributed by atoms with E-state index < -0.39 is 49.8 Å². The molecule has 4 aliphatic rings. The van der Waals surface area contributed by atoms with Crippen molar-refractivity contribution in [2.75, 3.05) is 43.5 Å². The standard InChI is InChI=1S/C27H32N9O9PS/c37-5-4-29-23-21-25(33-12-31-23)36(13-34-21)26-17-6-15(42-26)9-41-46(39,47)45-16-7-19(43-18(16)10-40-27(38)44-17)35-8-14-2-1-3-28-22-20(14)24(35)32-11-30-22/h8,11-13,15-19,26,37H,1-7,9-10H2,(H,39,47)(H,28,30,32)(H,29,31,33)/t15-,16-,17+,18+,19+,26+,46?/m0/s1. The zero-order chi connectivity index (χ0) is 32.1. The molecule has 0 saturated carbocycles. The molecule has 0 radical (unpaired) electrons. The molecule has 7 atom stereocenters. The zero-order valence-corrected chi connectivity index (χ0v) is 26.7. The van der Waals surface area contributed by atoms with E-state index in [-0.39, 0.29) is 39.2 Å². The highest BCUT2D eigenvalue weighted by Gasteiger charge is 2.46. The molecule has 20 heteroatoms. The van der Waals surface area contributed by atoms with Crippen LogP contribution in [0.25, 0.3) is 22.2 Å². The van der Waals surface area contributed by atoms with E-state index in [0.29, 0.717) is 22.6 Å². The van der Waals surface area contributed by atoms with Crippen LogP contribution in [0.5, 0.6) is 0 Å². The highest BCUT2D eigenvalue weighted by Crippen LogP contribution is 2.57. The third-order valence-electron chi connectivity index (χ3n) is 8.58. The Balaban J connectivity index is 1.04. The van der Waals surface area contributed by atoms with Crippen molar-refractivity contribution in [3.05, 3.63) is 30.7 Å². The van der Waals surface area contributed by atoms with Gasteiger partial charge in [-0.15, -0.1) is 0 Å². The molecule has 4 aromatic rings. The summed E-state index contributed by atoms with van der Waals surface area (Å²) in [6, 6.07) is 0. The normalized spacial score (nSPS) is 31.1. The van der Waals surface area contributed by atoms with E-state index in [9.17, 15) is 14.5 Å². The molecule has 1 unspecified atom stereocenters. The number of aliphatic hydroxyl groups excluding tert-OH is 1. The first-order valence-electron chi connectivity index (χ1n) is 15.3. The molecule has 47 heavy (non-hydrogen) atoms. The summed E-state index contributed by atoms with van der Waals surface area (Å²) in [5.74, 6) is 1.19. The highest BCUT2D eigenvalue weighted by atomic mass is 32.7. The van der Waals surface area contributed by atoms with Gasteiger partial charge in [0, 0.05) is 32.1 Å². The molecule has 8 rings (SSSR count). The summed E-state index contributed by atoms with van der Waals surface area (Å²) in [6.45, 7) is -3.35. The summed E-state index contributed by atoms with van der Waals surface area (Å²) < 4.78 is 52.6. The summed E-state index contributed by atoms with van der Waals surface area (Å²) in [7, 11) is 0. The molecule has 3 fully saturated rings. The monoisotopic (exact) mass is 689 g/mol. The quantitative estimate of drug-likeness (QED) is 0.135. The topological polar surface area (TPSA) is 208 Å². The van der Waals surface area contributed by atoms with E-state index in [1.807, 2.05) is 10.8 Å². The van der Waals surface area contributed by atoms with E-state index in [1.54, 1.807) is 4.57 Å². The van der Waals surface area contributed by atoms with Crippen molar-refractivity contribution in [2.45, 2.75) is 62.6 Å². The van der Waals surface area contributed by atoms with Crippen LogP contribution in [0.2, 0.25) is 0 Å². The Morgan fingerprint density at radius 1 is 1.04 bits per heavy atom. The Bertz CT molecular complexity index is 1860. The van der Waals surface area contributed by atoms with Crippen LogP contribution in [-0.4, -0.2) is 103 Å². The van der Waals surface area contributed by atoms with Crippen molar-refractivity contribution in [1.29, 1.82) is 0 Å². The van der Waals surface area contributed by atoms with Gasteiger partial charge in [0.05, 0.1) is 31.0 Å². The average Bonchev–Trinajstić information content (AvgIpc) is 3.81. The van der Waals surface area contributed by atoms with Gasteiger partial charge in [-0.05, 0) is 18.4 Å². The van der Waals surface area contributed by atoms with Gasteiger partial charge in [0.15, 0.2) is 29.3 Å². The molecule has 18 nitrogen and oxygen atoms in total. The first kappa shape index (κ1) is 30.7. The van der Waals surface area contributed by atoms with Gasteiger partial charge in [-0.3, -0.25) is 13.6 Å². The molecule has 0 amide bonds. The number of fused-ring (bicyclic) bond motifs is 4. The van der Waals surface area contributed by atoms with E-state index in [1.165, 1.54) is 19.0 Å². The Kier molecular flexibility index (Phi) is 8.15. The fourth-order valence-corrected chi connectivity index (χ4v) is 8.07. The number of nitrogens with one attached hydrogen (secondary N) is 2. The van der Waals surface area contributed by atoms with Crippen LogP contribution in [0.4, 0.5) is 16.4 Å². The number of anilines is 2. The summed E-state index contributed by atoms with van der Waals surface area (Å²) in [6.07, 6.45) is 3.12. The smallest absolute Gasteiger partial charge is 0.431 e. The Labute approximate surface area is 272 Å². The van der Waals surface area contributed by atoms with Crippen LogP contribution in [0, 0.1) is 0 Å². The molecular formula is C27H32N9O9PS. The summed E-state index contributed by atoms with van der Waals surface area (Å²) in [5.41, 5.74) is 2.63. The number of carbonyl (C=O) groups excluding carboxylic acids is 1. The maximum Gasteiger partial charge on any atom is 0.508 e. The average molecular weight is 690 g/mol. The van der Waals surface area contributed by atoms with Crippen LogP contribution in [0.1, 0.15) is 37.3 Å². The lowest BCUT2D eigenvalue weighted by Crippen LogP contribution is -2.31. The maximum atomic E-state index is 13.5. The van der Waals surface area contributed by atoms with Gasteiger partial charge < -0.3 is 39.3 Å². The summed E-state index contributed by atoms with van der Waals surface area (Å²) >= 11 is 4.27. The molecule has 8 heterocycles. The van der Waals surface area contributed by atoms with Crippen molar-refractivity contribution >= 4 is 59.0 Å². The molecule has 0 spiro atoms. The molecule has 250 valence electrons. The molecule has 0 aliphatic carbocycles. The summed E-state index contributed by atoms with van der Waals surface area (Å²) in [5, 5.41) is 16.5. The first-order chi connectivity index (χ1) is 22.9. The second-order valence-electron chi connectivity index (χ2n) is 11.6. The molecule has 0 aromatic carbocycles. The minimum absolute atomic E-state index is 0.0959. The number of thiol groups is 1. The van der Waals surface area contributed by atoms with Gasteiger partial charge in [0.25, 0.3) is 0 Å². The van der Waals surface area contributed by atoms with Gasteiger partial charge in [-0.25, -0.2) is 34.3 Å². The van der Waals surface area contributed by atoms with Crippen molar-refractivity contribution in [3.8, 4) is 0 Å². The lowest BCUT2D eigenvalue weighted by Gasteiger charge is -2.24. The Hall–Kier alpha value is -3.58.